The van der Waals surface area contributed by atoms with Crippen molar-refractivity contribution in [1.29, 1.82) is 0 Å². The number of methoxy groups -OCH3 is 1. The van der Waals surface area contributed by atoms with Gasteiger partial charge in [-0.05, 0) is 64.6 Å². The fourth-order valence-electron chi connectivity index (χ4n) is 2.94. The molecule has 0 unspecified atom stereocenters. The molecule has 1 heterocycles. The van der Waals surface area contributed by atoms with E-state index in [1.807, 2.05) is 72.8 Å². The molecule has 0 spiro atoms. The Morgan fingerprint density at radius 3 is 2.53 bits per heavy atom. The van der Waals surface area contributed by atoms with Crippen LogP contribution < -0.4 is 9.47 Å². The molecule has 0 atom stereocenters. The van der Waals surface area contributed by atoms with Crippen LogP contribution in [0.1, 0.15) is 16.7 Å². The summed E-state index contributed by atoms with van der Waals surface area (Å²) in [7, 11) is 1.58. The Morgan fingerprint density at radius 2 is 1.77 bits per heavy atom. The fraction of sp³-hybridized carbons (Fsp3) is 0.0833. The molecule has 150 valence electrons. The van der Waals surface area contributed by atoms with Crippen LogP contribution in [-0.4, -0.2) is 19.0 Å². The van der Waals surface area contributed by atoms with Crippen LogP contribution >= 0.6 is 22.6 Å². The quantitative estimate of drug-likeness (QED) is 0.259. The molecule has 1 aliphatic heterocycles. The molecule has 0 N–H and O–H groups in total. The lowest BCUT2D eigenvalue weighted by Crippen LogP contribution is -2.04. The van der Waals surface area contributed by atoms with E-state index in [-0.39, 0.29) is 5.70 Å². The molecular formula is C24H18INO4. The van der Waals surface area contributed by atoms with E-state index >= 15 is 0 Å². The molecule has 3 aromatic rings. The second-order valence-electron chi connectivity index (χ2n) is 6.49. The predicted octanol–water partition coefficient (Wildman–Crippen LogP) is 5.22. The van der Waals surface area contributed by atoms with E-state index in [9.17, 15) is 4.79 Å². The molecule has 3 aromatic carbocycles. The fourth-order valence-corrected chi connectivity index (χ4v) is 3.48. The van der Waals surface area contributed by atoms with Crippen LogP contribution in [0.5, 0.6) is 11.5 Å². The van der Waals surface area contributed by atoms with Gasteiger partial charge in [-0.25, -0.2) is 9.79 Å². The average molecular weight is 511 g/mol. The SMILES string of the molecule is COc1cc(/C=C2\N=C(c3ccccc3)OC2=O)ccc1OCc1ccccc1I. The van der Waals surface area contributed by atoms with Gasteiger partial charge in [0.15, 0.2) is 17.2 Å². The summed E-state index contributed by atoms with van der Waals surface area (Å²) < 4.78 is 17.9. The number of ether oxygens (including phenoxy) is 3. The van der Waals surface area contributed by atoms with Crippen molar-refractivity contribution in [1.82, 2.24) is 0 Å². The first-order valence-electron chi connectivity index (χ1n) is 9.26. The first kappa shape index (κ1) is 20.2. The largest absolute Gasteiger partial charge is 0.493 e. The molecule has 5 nitrogen and oxygen atoms in total. The summed E-state index contributed by atoms with van der Waals surface area (Å²) in [6, 6.07) is 22.8. The molecular weight excluding hydrogens is 493 g/mol. The monoisotopic (exact) mass is 511 g/mol. The van der Waals surface area contributed by atoms with Gasteiger partial charge >= 0.3 is 5.97 Å². The van der Waals surface area contributed by atoms with Gasteiger partial charge in [0, 0.05) is 14.7 Å². The van der Waals surface area contributed by atoms with Gasteiger partial charge in [-0.2, -0.15) is 0 Å². The Balaban J connectivity index is 1.55. The highest BCUT2D eigenvalue weighted by atomic mass is 127. The molecule has 6 heteroatoms. The maximum absolute atomic E-state index is 12.2. The molecule has 0 fully saturated rings. The molecule has 0 bridgehead atoms. The predicted molar refractivity (Wildman–Crippen MR) is 124 cm³/mol. The van der Waals surface area contributed by atoms with E-state index in [1.165, 1.54) is 0 Å². The summed E-state index contributed by atoms with van der Waals surface area (Å²) in [6.45, 7) is 0.437. The lowest BCUT2D eigenvalue weighted by molar-refractivity contribution is -0.129. The van der Waals surface area contributed by atoms with Crippen LogP contribution in [0.25, 0.3) is 6.08 Å². The van der Waals surface area contributed by atoms with Gasteiger partial charge in [-0.1, -0.05) is 42.5 Å². The second kappa shape index (κ2) is 9.13. The van der Waals surface area contributed by atoms with Gasteiger partial charge in [0.05, 0.1) is 7.11 Å². The van der Waals surface area contributed by atoms with E-state index in [0.717, 1.165) is 20.3 Å². The van der Waals surface area contributed by atoms with E-state index in [2.05, 4.69) is 27.6 Å². The van der Waals surface area contributed by atoms with Crippen LogP contribution in [0.4, 0.5) is 0 Å². The summed E-state index contributed by atoms with van der Waals surface area (Å²) in [5.74, 6) is 1.03. The molecule has 4 rings (SSSR count). The maximum Gasteiger partial charge on any atom is 0.363 e. The van der Waals surface area contributed by atoms with Gasteiger partial charge in [-0.15, -0.1) is 0 Å². The first-order valence-corrected chi connectivity index (χ1v) is 10.3. The third-order valence-electron chi connectivity index (χ3n) is 4.47. The van der Waals surface area contributed by atoms with Crippen molar-refractivity contribution in [3.63, 3.8) is 0 Å². The summed E-state index contributed by atoms with van der Waals surface area (Å²) in [5, 5.41) is 0. The van der Waals surface area contributed by atoms with E-state index in [0.29, 0.717) is 24.0 Å². The van der Waals surface area contributed by atoms with Crippen LogP contribution in [0.2, 0.25) is 0 Å². The number of carbonyl (C=O) groups is 1. The molecule has 0 aromatic heterocycles. The summed E-state index contributed by atoms with van der Waals surface area (Å²) in [5.41, 5.74) is 2.86. The van der Waals surface area contributed by atoms with Gasteiger partial charge < -0.3 is 14.2 Å². The minimum atomic E-state index is -0.480. The number of carbonyl (C=O) groups excluding carboxylic acids is 1. The zero-order chi connectivity index (χ0) is 20.9. The minimum absolute atomic E-state index is 0.239. The molecule has 0 saturated heterocycles. The summed E-state index contributed by atoms with van der Waals surface area (Å²) in [6.07, 6.45) is 1.67. The number of rotatable bonds is 6. The molecule has 0 aliphatic carbocycles. The van der Waals surface area contributed by atoms with Crippen LogP contribution in [0.3, 0.4) is 0 Å². The number of halogens is 1. The Kier molecular flexibility index (Phi) is 6.13. The van der Waals surface area contributed by atoms with Crippen molar-refractivity contribution < 1.29 is 19.0 Å². The highest BCUT2D eigenvalue weighted by Crippen LogP contribution is 2.31. The molecule has 0 amide bonds. The molecule has 1 aliphatic rings. The van der Waals surface area contributed by atoms with Crippen molar-refractivity contribution in [3.05, 3.63) is 98.8 Å². The highest BCUT2D eigenvalue weighted by Gasteiger charge is 2.24. The smallest absolute Gasteiger partial charge is 0.363 e. The topological polar surface area (TPSA) is 57.1 Å². The zero-order valence-corrected chi connectivity index (χ0v) is 18.3. The van der Waals surface area contributed by atoms with Crippen molar-refractivity contribution >= 4 is 40.5 Å². The van der Waals surface area contributed by atoms with E-state index in [4.69, 9.17) is 14.2 Å². The van der Waals surface area contributed by atoms with Crippen molar-refractivity contribution in [2.75, 3.05) is 7.11 Å². The maximum atomic E-state index is 12.2. The number of cyclic esters (lactones) is 1. The van der Waals surface area contributed by atoms with Crippen molar-refractivity contribution in [3.8, 4) is 11.5 Å². The normalized spacial score (nSPS) is 14.4. The highest BCUT2D eigenvalue weighted by molar-refractivity contribution is 14.1. The van der Waals surface area contributed by atoms with Gasteiger partial charge in [0.25, 0.3) is 0 Å². The Morgan fingerprint density at radius 1 is 1.00 bits per heavy atom. The van der Waals surface area contributed by atoms with Gasteiger partial charge in [0.1, 0.15) is 6.61 Å². The Hall–Kier alpha value is -3.13. The van der Waals surface area contributed by atoms with Crippen LogP contribution in [-0.2, 0) is 16.1 Å². The Bertz CT molecular complexity index is 1140. The second-order valence-corrected chi connectivity index (χ2v) is 7.65. The van der Waals surface area contributed by atoms with Crippen LogP contribution in [0.15, 0.2) is 83.5 Å². The number of hydrogen-bond acceptors (Lipinski definition) is 5. The summed E-state index contributed by atoms with van der Waals surface area (Å²) in [4.78, 5) is 16.5. The van der Waals surface area contributed by atoms with E-state index in [1.54, 1.807) is 13.2 Å². The minimum Gasteiger partial charge on any atom is -0.493 e. The lowest BCUT2D eigenvalue weighted by atomic mass is 10.1. The van der Waals surface area contributed by atoms with Gasteiger partial charge in [0.2, 0.25) is 5.90 Å². The third-order valence-corrected chi connectivity index (χ3v) is 5.53. The number of nitrogens with zero attached hydrogens (tertiary/aromatic N) is 1. The molecule has 30 heavy (non-hydrogen) atoms. The van der Waals surface area contributed by atoms with Crippen molar-refractivity contribution in [2.24, 2.45) is 4.99 Å². The van der Waals surface area contributed by atoms with Crippen LogP contribution in [0, 0.1) is 3.57 Å². The van der Waals surface area contributed by atoms with E-state index < -0.39 is 5.97 Å². The first-order chi connectivity index (χ1) is 14.6. The summed E-state index contributed by atoms with van der Waals surface area (Å²) >= 11 is 2.29. The van der Waals surface area contributed by atoms with Gasteiger partial charge in [-0.3, -0.25) is 0 Å². The number of esters is 1. The van der Waals surface area contributed by atoms with Crippen molar-refractivity contribution in [2.45, 2.75) is 6.61 Å². The number of hydrogen-bond donors (Lipinski definition) is 0. The third kappa shape index (κ3) is 4.54. The lowest BCUT2D eigenvalue weighted by Gasteiger charge is -2.12. The number of benzene rings is 3. The molecule has 0 radical (unpaired) electrons. The molecule has 0 saturated carbocycles. The zero-order valence-electron chi connectivity index (χ0n) is 16.2. The Labute approximate surface area is 188 Å². The standard InChI is InChI=1S/C24H18INO4/c1-28-22-14-16(11-12-21(22)29-15-18-9-5-6-10-19(18)25)13-20-24(27)30-23(26-20)17-7-3-2-4-8-17/h2-14H,15H2,1H3/b20-13-. The average Bonchev–Trinajstić information content (AvgIpc) is 3.14. The number of aliphatic imine (C=N–C) groups is 1.